The van der Waals surface area contributed by atoms with Crippen molar-refractivity contribution in [3.05, 3.63) is 161 Å². The molecule has 0 aliphatic carbocycles. The Balaban J connectivity index is 1.70. The van der Waals surface area contributed by atoms with Gasteiger partial charge in [-0.05, 0) is 53.7 Å². The van der Waals surface area contributed by atoms with Crippen LogP contribution in [-0.2, 0) is 22.5 Å². The van der Waals surface area contributed by atoms with Crippen LogP contribution in [0.25, 0.3) is 5.57 Å². The number of aryl methyl sites for hydroxylation is 1. The van der Waals surface area contributed by atoms with Crippen LogP contribution in [0.3, 0.4) is 0 Å². The van der Waals surface area contributed by atoms with E-state index < -0.39 is 0 Å². The molecule has 3 nitrogen and oxygen atoms in total. The van der Waals surface area contributed by atoms with Gasteiger partial charge in [0.05, 0.1) is 18.2 Å². The zero-order chi connectivity index (χ0) is 26.2. The summed E-state index contributed by atoms with van der Waals surface area (Å²) in [5, 5.41) is 0. The van der Waals surface area contributed by atoms with Crippen molar-refractivity contribution in [1.82, 2.24) is 4.90 Å². The fourth-order valence-electron chi connectivity index (χ4n) is 5.16. The van der Waals surface area contributed by atoms with Gasteiger partial charge in [-0.1, -0.05) is 121 Å². The van der Waals surface area contributed by atoms with Crippen LogP contribution in [0.15, 0.2) is 139 Å². The highest BCUT2D eigenvalue weighted by molar-refractivity contribution is 6.07. The Kier molecular flexibility index (Phi) is 8.15. The standard InChI is InChI=1S/C35H33NO2/c1-2-38-35(37)34-31(29-19-11-5-12-20-29)25-33(30-21-13-6-14-22-30)36(26-28-17-9-4-10-18-28)32(34)24-23-27-15-7-3-8-16-27/h3-22,25,33H,2,23-24,26H2,1H3. The van der Waals surface area contributed by atoms with Gasteiger partial charge in [0.25, 0.3) is 0 Å². The predicted molar refractivity (Wildman–Crippen MR) is 154 cm³/mol. The highest BCUT2D eigenvalue weighted by Crippen LogP contribution is 2.42. The number of carbonyl (C=O) groups is 1. The molecule has 4 aromatic rings. The first-order valence-electron chi connectivity index (χ1n) is 13.3. The molecule has 4 aromatic carbocycles. The lowest BCUT2D eigenvalue weighted by molar-refractivity contribution is -0.138. The molecule has 0 N–H and O–H groups in total. The maximum absolute atomic E-state index is 13.7. The second-order valence-electron chi connectivity index (χ2n) is 9.44. The zero-order valence-corrected chi connectivity index (χ0v) is 21.8. The van der Waals surface area contributed by atoms with E-state index in [0.29, 0.717) is 18.7 Å². The summed E-state index contributed by atoms with van der Waals surface area (Å²) in [6.45, 7) is 2.88. The van der Waals surface area contributed by atoms with E-state index in [1.807, 2.05) is 43.3 Å². The Hall–Kier alpha value is -4.37. The van der Waals surface area contributed by atoms with Crippen molar-refractivity contribution >= 4 is 11.5 Å². The molecular weight excluding hydrogens is 466 g/mol. The molecule has 1 heterocycles. The molecular formula is C35H33NO2. The molecule has 0 radical (unpaired) electrons. The normalized spacial score (nSPS) is 15.2. The van der Waals surface area contributed by atoms with Crippen LogP contribution < -0.4 is 0 Å². The number of esters is 1. The van der Waals surface area contributed by atoms with Crippen LogP contribution >= 0.6 is 0 Å². The summed E-state index contributed by atoms with van der Waals surface area (Å²) < 4.78 is 5.69. The van der Waals surface area contributed by atoms with E-state index in [2.05, 4.69) is 95.9 Å². The molecule has 190 valence electrons. The second kappa shape index (κ2) is 12.2. The number of rotatable bonds is 9. The van der Waals surface area contributed by atoms with Crippen molar-refractivity contribution in [3.63, 3.8) is 0 Å². The van der Waals surface area contributed by atoms with Gasteiger partial charge in [-0.2, -0.15) is 0 Å². The number of benzene rings is 4. The van der Waals surface area contributed by atoms with Crippen LogP contribution in [0.1, 0.15) is 41.6 Å². The third-order valence-corrected chi connectivity index (χ3v) is 6.96. The van der Waals surface area contributed by atoms with E-state index in [1.165, 1.54) is 16.7 Å². The third-order valence-electron chi connectivity index (χ3n) is 6.96. The molecule has 1 aliphatic heterocycles. The Morgan fingerprint density at radius 2 is 1.26 bits per heavy atom. The first-order valence-corrected chi connectivity index (χ1v) is 13.3. The molecule has 38 heavy (non-hydrogen) atoms. The lowest BCUT2D eigenvalue weighted by Crippen LogP contribution is -2.33. The predicted octanol–water partition coefficient (Wildman–Crippen LogP) is 7.78. The van der Waals surface area contributed by atoms with Crippen molar-refractivity contribution in [3.8, 4) is 0 Å². The Labute approximate surface area is 225 Å². The van der Waals surface area contributed by atoms with Crippen molar-refractivity contribution in [2.24, 2.45) is 0 Å². The summed E-state index contributed by atoms with van der Waals surface area (Å²) in [4.78, 5) is 16.1. The fourth-order valence-corrected chi connectivity index (χ4v) is 5.16. The molecule has 0 spiro atoms. The first kappa shape index (κ1) is 25.3. The number of carbonyl (C=O) groups excluding carboxylic acids is 1. The monoisotopic (exact) mass is 499 g/mol. The molecule has 0 saturated heterocycles. The number of ether oxygens (including phenoxy) is 1. The first-order chi connectivity index (χ1) is 18.7. The number of hydrogen-bond donors (Lipinski definition) is 0. The number of allylic oxidation sites excluding steroid dienone is 1. The van der Waals surface area contributed by atoms with Crippen molar-refractivity contribution in [1.29, 1.82) is 0 Å². The SMILES string of the molecule is CCOC(=O)C1=C(CCc2ccccc2)N(Cc2ccccc2)C(c2ccccc2)C=C1c1ccccc1. The van der Waals surface area contributed by atoms with Crippen LogP contribution in [0, 0.1) is 0 Å². The summed E-state index contributed by atoms with van der Waals surface area (Å²) in [6, 6.07) is 41.7. The van der Waals surface area contributed by atoms with Gasteiger partial charge in [-0.3, -0.25) is 0 Å². The minimum absolute atomic E-state index is 0.0319. The largest absolute Gasteiger partial charge is 0.462 e. The maximum Gasteiger partial charge on any atom is 0.340 e. The van der Waals surface area contributed by atoms with Crippen molar-refractivity contribution < 1.29 is 9.53 Å². The molecule has 1 unspecified atom stereocenters. The van der Waals surface area contributed by atoms with Gasteiger partial charge in [0.2, 0.25) is 0 Å². The molecule has 5 rings (SSSR count). The third kappa shape index (κ3) is 5.78. The van der Waals surface area contributed by atoms with Crippen LogP contribution in [0.4, 0.5) is 0 Å². The van der Waals surface area contributed by atoms with E-state index in [0.717, 1.165) is 29.7 Å². The average molecular weight is 500 g/mol. The number of hydrogen-bond acceptors (Lipinski definition) is 3. The molecule has 0 fully saturated rings. The summed E-state index contributed by atoms with van der Waals surface area (Å²) >= 11 is 0. The maximum atomic E-state index is 13.7. The molecule has 0 amide bonds. The van der Waals surface area contributed by atoms with E-state index in [1.54, 1.807) is 0 Å². The molecule has 3 heteroatoms. The van der Waals surface area contributed by atoms with Crippen LogP contribution in [0.5, 0.6) is 0 Å². The topological polar surface area (TPSA) is 29.5 Å². The molecule has 1 aliphatic rings. The molecule has 0 aromatic heterocycles. The Morgan fingerprint density at radius 3 is 1.87 bits per heavy atom. The second-order valence-corrected chi connectivity index (χ2v) is 9.44. The minimum atomic E-state index is -0.268. The lowest BCUT2D eigenvalue weighted by atomic mass is 9.85. The van der Waals surface area contributed by atoms with Gasteiger partial charge in [0, 0.05) is 12.2 Å². The quantitative estimate of drug-likeness (QED) is 0.220. The number of nitrogens with zero attached hydrogens (tertiary/aromatic N) is 1. The molecule has 0 bridgehead atoms. The zero-order valence-electron chi connectivity index (χ0n) is 21.8. The molecule has 1 atom stereocenters. The van der Waals surface area contributed by atoms with Crippen molar-refractivity contribution in [2.75, 3.05) is 6.61 Å². The summed E-state index contributed by atoms with van der Waals surface area (Å²) in [5.74, 6) is -0.268. The van der Waals surface area contributed by atoms with Gasteiger partial charge in [-0.25, -0.2) is 4.79 Å². The van der Waals surface area contributed by atoms with Gasteiger partial charge in [0.1, 0.15) is 0 Å². The van der Waals surface area contributed by atoms with E-state index >= 15 is 0 Å². The van der Waals surface area contributed by atoms with Crippen LogP contribution in [0.2, 0.25) is 0 Å². The Bertz CT molecular complexity index is 1390. The minimum Gasteiger partial charge on any atom is -0.462 e. The van der Waals surface area contributed by atoms with E-state index in [-0.39, 0.29) is 12.0 Å². The van der Waals surface area contributed by atoms with Crippen molar-refractivity contribution in [2.45, 2.75) is 32.4 Å². The summed E-state index contributed by atoms with van der Waals surface area (Å²) in [5.41, 5.74) is 7.28. The smallest absolute Gasteiger partial charge is 0.340 e. The van der Waals surface area contributed by atoms with Gasteiger partial charge >= 0.3 is 5.97 Å². The van der Waals surface area contributed by atoms with Gasteiger partial charge in [0.15, 0.2) is 0 Å². The van der Waals surface area contributed by atoms with E-state index in [4.69, 9.17) is 4.74 Å². The fraction of sp³-hybridized carbons (Fsp3) is 0.171. The summed E-state index contributed by atoms with van der Waals surface area (Å²) in [7, 11) is 0. The average Bonchev–Trinajstić information content (AvgIpc) is 2.98. The van der Waals surface area contributed by atoms with E-state index in [9.17, 15) is 4.79 Å². The summed E-state index contributed by atoms with van der Waals surface area (Å²) in [6.07, 6.45) is 3.79. The van der Waals surface area contributed by atoms with Crippen LogP contribution in [-0.4, -0.2) is 17.5 Å². The Morgan fingerprint density at radius 1 is 0.711 bits per heavy atom. The molecule has 0 saturated carbocycles. The van der Waals surface area contributed by atoms with Gasteiger partial charge in [-0.15, -0.1) is 0 Å². The highest BCUT2D eigenvalue weighted by Gasteiger charge is 2.34. The highest BCUT2D eigenvalue weighted by atomic mass is 16.5. The van der Waals surface area contributed by atoms with Gasteiger partial charge < -0.3 is 9.64 Å². The lowest BCUT2D eigenvalue weighted by Gasteiger charge is -2.40.